The van der Waals surface area contributed by atoms with Crippen LogP contribution in [0.15, 0.2) is 170 Å². The third-order valence-electron chi connectivity index (χ3n) is 32.9. The molecule has 12 nitrogen and oxygen atoms in total. The molecule has 0 saturated carbocycles. The minimum atomic E-state index is -1.01. The van der Waals surface area contributed by atoms with Crippen LogP contribution >= 0.6 is 0 Å². The number of fused-ring (bicyclic) bond motifs is 14. The second-order valence-electron chi connectivity index (χ2n) is 41.4. The van der Waals surface area contributed by atoms with Gasteiger partial charge in [0.15, 0.2) is 0 Å². The van der Waals surface area contributed by atoms with E-state index >= 15 is 38.4 Å². The summed E-state index contributed by atoms with van der Waals surface area (Å²) in [5.74, 6) is -2.15. The van der Waals surface area contributed by atoms with E-state index in [1.54, 1.807) is 19.6 Å². The molecule has 0 unspecified atom stereocenters. The first-order valence-electron chi connectivity index (χ1n) is 53.6. The summed E-state index contributed by atoms with van der Waals surface area (Å²) < 4.78 is 0. The van der Waals surface area contributed by atoms with Crippen molar-refractivity contribution >= 4 is 133 Å². The second kappa shape index (κ2) is 39.6. The zero-order valence-corrected chi connectivity index (χ0v) is 82.3. The predicted octanol–water partition coefficient (Wildman–Crippen LogP) is 33.1. The van der Waals surface area contributed by atoms with E-state index in [-0.39, 0.29) is 71.4 Å². The molecule has 0 atom stereocenters. The molecule has 20 rings (SSSR count). The first kappa shape index (κ1) is 92.9. The summed E-state index contributed by atoms with van der Waals surface area (Å²) in [4.78, 5) is 136. The van der Waals surface area contributed by atoms with Crippen LogP contribution in [0.1, 0.15) is 417 Å². The van der Waals surface area contributed by atoms with E-state index in [1.165, 1.54) is 0 Å². The summed E-state index contributed by atoms with van der Waals surface area (Å²) in [5.41, 5.74) is 14.8. The summed E-state index contributed by atoms with van der Waals surface area (Å²) >= 11 is 0. The quantitative estimate of drug-likeness (QED) is 0.0158. The largest absolute Gasteiger partial charge is 0.271 e. The van der Waals surface area contributed by atoms with Gasteiger partial charge in [-0.3, -0.25) is 58.0 Å². The number of benzene rings is 14. The van der Waals surface area contributed by atoms with E-state index in [0.29, 0.717) is 91.7 Å². The van der Waals surface area contributed by atoms with Gasteiger partial charge in [0.1, 0.15) is 0 Å². The number of hydrogen-bond acceptors (Lipinski definition) is 8. The van der Waals surface area contributed by atoms with Crippen LogP contribution in [0.3, 0.4) is 0 Å². The molecule has 14 aromatic carbocycles. The number of amides is 8. The Bertz CT molecular complexity index is 6610. The van der Waals surface area contributed by atoms with Crippen molar-refractivity contribution in [2.45, 2.75) is 342 Å². The summed E-state index contributed by atoms with van der Waals surface area (Å²) in [7, 11) is 0. The molecule has 14 aromatic rings. The number of carbonyl (C=O) groups is 8. The highest BCUT2D eigenvalue weighted by Gasteiger charge is 2.53. The SMILES string of the molecule is CCCCCCC(CCCCCC)N1C(=O)c2ccc3c4ccc5c6c(cc(-c7ccc8c(c7)C7(c9ccccc9-8)c8ccccc8-c8ccc(-c9cc%10c%11c(ccc%12c%13ccc%14c%15c(ccc(c9c%11%12)c%15%13)C(=O)N(C(CCCCCC)CCCCCC)C%14=O)C(=O)N(C(CCCCCC)CCCCCC)C%10=O)cc87)c(c7ccc(c2c37)C1=O)c64)C(=O)N(C(CCCCCC)CCCCCC)C5=O. The van der Waals surface area contributed by atoms with Gasteiger partial charge in [-0.05, 0) is 243 Å². The van der Waals surface area contributed by atoms with Crippen LogP contribution in [-0.2, 0) is 5.41 Å². The molecule has 1 spiro atoms. The molecule has 4 heterocycles. The normalized spacial score (nSPS) is 14.8. The number of carbonyl (C=O) groups excluding carboxylic acids is 8. The van der Waals surface area contributed by atoms with Crippen molar-refractivity contribution in [3.8, 4) is 44.5 Å². The van der Waals surface area contributed by atoms with E-state index in [0.717, 1.165) is 363 Å². The van der Waals surface area contributed by atoms with Crippen LogP contribution in [0, 0.1) is 0 Å². The van der Waals surface area contributed by atoms with Crippen molar-refractivity contribution in [3.63, 3.8) is 0 Å². The van der Waals surface area contributed by atoms with Gasteiger partial charge < -0.3 is 0 Å². The number of hydrogen-bond donors (Lipinski definition) is 0. The molecule has 0 bridgehead atoms. The maximum Gasteiger partial charge on any atom is 0.261 e. The predicted molar refractivity (Wildman–Crippen MR) is 563 cm³/mol. The standard InChI is InChI=1S/C125H136N4O8/c1-9-17-25-33-45-79(46-34-26-18-10-2)126-117(130)93-67-61-87-89-63-69-97-113-101(123(136)128(121(97)134)81(49-37-29-21-13-5)50-38-30-22-14-6)75-99(109(115(89)113)91-65-71-95(119(126)132)111(93)107(87)91)77-57-59-85-83-53-41-43-55-103(83)125(105(85)73-77)104-56-44-42-54-84(104)86-60-58-78(74-106(86)125)100-76-102-114-98(122(135)129(124(102)137)82(51-39-31-23-15-7)52-40-32-24-16-8)70-64-90-88-62-68-94-112-96(72-66-92(108(88)112)110(100)116(90)114)120(133)127(118(94)131)80(47-35-27-19-11-3)48-36-28-20-12-4/h41-44,53-76,79-82H,9-40,45-52H2,1-8H3. The molecule has 704 valence electrons. The summed E-state index contributed by atoms with van der Waals surface area (Å²) in [5, 5.41) is 12.5. The zero-order valence-electron chi connectivity index (χ0n) is 82.3. The molecule has 0 aromatic heterocycles. The molecule has 2 aliphatic carbocycles. The summed E-state index contributed by atoms with van der Waals surface area (Å²) in [6.45, 7) is 17.7. The molecular formula is C125H136N4O8. The molecule has 12 heteroatoms. The first-order chi connectivity index (χ1) is 67.1. The number of unbranched alkanes of at least 4 members (excludes halogenated alkanes) is 24. The number of rotatable bonds is 46. The van der Waals surface area contributed by atoms with Gasteiger partial charge in [0.2, 0.25) is 0 Å². The fraction of sp³-hybridized carbons (Fsp3) is 0.424. The van der Waals surface area contributed by atoms with Gasteiger partial charge in [-0.25, -0.2) is 0 Å². The molecule has 0 N–H and O–H groups in total. The molecule has 4 aliphatic heterocycles. The Hall–Kier alpha value is -11.8. The maximum atomic E-state index is 16.7. The lowest BCUT2D eigenvalue weighted by Gasteiger charge is -2.36. The van der Waals surface area contributed by atoms with Crippen LogP contribution in [0.25, 0.3) is 131 Å². The van der Waals surface area contributed by atoms with Gasteiger partial charge in [-0.2, -0.15) is 0 Å². The third kappa shape index (κ3) is 15.5. The molecule has 0 fully saturated rings. The van der Waals surface area contributed by atoms with Crippen molar-refractivity contribution in [1.82, 2.24) is 19.6 Å². The lowest BCUT2D eigenvalue weighted by atomic mass is 9.69. The molecule has 8 amide bonds. The lowest BCUT2D eigenvalue weighted by Crippen LogP contribution is -2.47. The lowest BCUT2D eigenvalue weighted by molar-refractivity contribution is 0.0501. The average molecular weight is 1820 g/mol. The van der Waals surface area contributed by atoms with Crippen molar-refractivity contribution in [2.24, 2.45) is 0 Å². The van der Waals surface area contributed by atoms with Crippen LogP contribution in [0.5, 0.6) is 0 Å². The molecular weight excluding hydrogens is 1690 g/mol. The summed E-state index contributed by atoms with van der Waals surface area (Å²) in [6.07, 6.45) is 38.6. The Morgan fingerprint density at radius 3 is 0.664 bits per heavy atom. The number of imide groups is 4. The van der Waals surface area contributed by atoms with Crippen molar-refractivity contribution in [3.05, 3.63) is 237 Å². The summed E-state index contributed by atoms with van der Waals surface area (Å²) in [6, 6.07) is 58.8. The van der Waals surface area contributed by atoms with E-state index in [1.807, 2.05) is 36.4 Å². The molecule has 137 heavy (non-hydrogen) atoms. The molecule has 6 aliphatic rings. The van der Waals surface area contributed by atoms with Gasteiger partial charge in [0, 0.05) is 90.2 Å². The first-order valence-corrected chi connectivity index (χ1v) is 53.6. The monoisotopic (exact) mass is 1820 g/mol. The highest BCUT2D eigenvalue weighted by molar-refractivity contribution is 6.45. The van der Waals surface area contributed by atoms with Crippen LogP contribution in [0.4, 0.5) is 0 Å². The minimum absolute atomic E-state index is 0.251. The highest BCUT2D eigenvalue weighted by Crippen LogP contribution is 2.65. The van der Waals surface area contributed by atoms with E-state index < -0.39 is 5.41 Å². The average Bonchev–Trinajstić information content (AvgIpc) is 1.63. The van der Waals surface area contributed by atoms with Crippen LogP contribution < -0.4 is 0 Å². The Morgan fingerprint density at radius 1 is 0.182 bits per heavy atom. The Balaban J connectivity index is 0.817. The van der Waals surface area contributed by atoms with Gasteiger partial charge in [-0.15, -0.1) is 0 Å². The Labute approximate surface area is 809 Å². The van der Waals surface area contributed by atoms with Crippen LogP contribution in [0.2, 0.25) is 0 Å². The number of nitrogens with zero attached hydrogens (tertiary/aromatic N) is 4. The van der Waals surface area contributed by atoms with Crippen molar-refractivity contribution in [1.29, 1.82) is 0 Å². The fourth-order valence-electron chi connectivity index (χ4n) is 26.1. The Kier molecular flexibility index (Phi) is 26.9. The second-order valence-corrected chi connectivity index (χ2v) is 41.4. The van der Waals surface area contributed by atoms with Gasteiger partial charge >= 0.3 is 0 Å². The van der Waals surface area contributed by atoms with Crippen molar-refractivity contribution in [2.75, 3.05) is 0 Å². The van der Waals surface area contributed by atoms with Gasteiger partial charge in [0.05, 0.1) is 5.41 Å². The van der Waals surface area contributed by atoms with Gasteiger partial charge in [-0.1, -0.05) is 370 Å². The maximum absolute atomic E-state index is 16.7. The zero-order chi connectivity index (χ0) is 94.6. The van der Waals surface area contributed by atoms with E-state index in [9.17, 15) is 0 Å². The van der Waals surface area contributed by atoms with Crippen molar-refractivity contribution < 1.29 is 38.4 Å². The topological polar surface area (TPSA) is 150 Å². The fourth-order valence-corrected chi connectivity index (χ4v) is 26.1. The minimum Gasteiger partial charge on any atom is -0.271 e. The van der Waals surface area contributed by atoms with E-state index in [4.69, 9.17) is 0 Å². The molecule has 0 saturated heterocycles. The van der Waals surface area contributed by atoms with Crippen LogP contribution in [-0.4, -0.2) is 91.0 Å². The van der Waals surface area contributed by atoms with Gasteiger partial charge in [0.25, 0.3) is 47.3 Å². The smallest absolute Gasteiger partial charge is 0.261 e. The van der Waals surface area contributed by atoms with E-state index in [2.05, 4.69) is 189 Å². The molecule has 0 radical (unpaired) electrons. The third-order valence-corrected chi connectivity index (χ3v) is 32.9. The highest BCUT2D eigenvalue weighted by atomic mass is 16.2. The Morgan fingerprint density at radius 2 is 0.401 bits per heavy atom.